The van der Waals surface area contributed by atoms with E-state index in [0.29, 0.717) is 6.54 Å². The summed E-state index contributed by atoms with van der Waals surface area (Å²) in [6, 6.07) is 12.7. The van der Waals surface area contributed by atoms with E-state index in [4.69, 9.17) is 0 Å². The molecule has 0 aliphatic carbocycles. The molecule has 0 aromatic heterocycles. The Morgan fingerprint density at radius 3 is 2.63 bits per heavy atom. The number of carbonyl (C=O) groups is 1. The second-order valence-electron chi connectivity index (χ2n) is 4.69. The smallest absolute Gasteiger partial charge is 0.216 e. The minimum atomic E-state index is 0.0224. The van der Waals surface area contributed by atoms with Gasteiger partial charge in [-0.05, 0) is 35.2 Å². The summed E-state index contributed by atoms with van der Waals surface area (Å²) in [5.74, 6) is 0.0224. The third kappa shape index (κ3) is 3.44. The van der Waals surface area contributed by atoms with Gasteiger partial charge in [-0.2, -0.15) is 0 Å². The van der Waals surface area contributed by atoms with Crippen LogP contribution in [0.5, 0.6) is 0 Å². The van der Waals surface area contributed by atoms with Gasteiger partial charge in [0.25, 0.3) is 0 Å². The number of nitrogens with one attached hydrogen (secondary N) is 1. The van der Waals surface area contributed by atoms with Crippen LogP contribution >= 0.6 is 0 Å². The molecule has 2 aromatic rings. The average Bonchev–Trinajstić information content (AvgIpc) is 2.41. The molecule has 2 heteroatoms. The van der Waals surface area contributed by atoms with Crippen molar-refractivity contribution in [1.82, 2.24) is 5.32 Å². The van der Waals surface area contributed by atoms with Gasteiger partial charge in [-0.1, -0.05) is 48.6 Å². The van der Waals surface area contributed by atoms with E-state index in [1.807, 2.05) is 0 Å². The van der Waals surface area contributed by atoms with E-state index in [2.05, 4.69) is 60.8 Å². The number of amides is 1. The first-order chi connectivity index (χ1) is 9.18. The molecule has 0 spiro atoms. The molecule has 0 aliphatic rings. The highest BCUT2D eigenvalue weighted by atomic mass is 16.1. The van der Waals surface area contributed by atoms with Crippen molar-refractivity contribution in [2.45, 2.75) is 20.3 Å². The molecule has 1 amide bonds. The predicted octanol–water partition coefficient (Wildman–Crippen LogP) is 3.69. The van der Waals surface area contributed by atoms with Crippen molar-refractivity contribution in [3.8, 4) is 0 Å². The number of hydrogen-bond donors (Lipinski definition) is 1. The van der Waals surface area contributed by atoms with Gasteiger partial charge in [0.05, 0.1) is 0 Å². The van der Waals surface area contributed by atoms with Crippen LogP contribution in [-0.4, -0.2) is 12.5 Å². The first-order valence-electron chi connectivity index (χ1n) is 6.58. The fourth-order valence-corrected chi connectivity index (χ4v) is 2.16. The van der Waals surface area contributed by atoms with Crippen LogP contribution in [0.2, 0.25) is 0 Å². The molecule has 0 atom stereocenters. The van der Waals surface area contributed by atoms with Gasteiger partial charge in [-0.3, -0.25) is 4.79 Å². The van der Waals surface area contributed by atoms with E-state index in [0.717, 1.165) is 6.42 Å². The fourth-order valence-electron chi connectivity index (χ4n) is 2.16. The minimum absolute atomic E-state index is 0.0224. The van der Waals surface area contributed by atoms with Crippen LogP contribution in [0.15, 0.2) is 42.5 Å². The molecule has 19 heavy (non-hydrogen) atoms. The lowest BCUT2D eigenvalue weighted by Crippen LogP contribution is -2.20. The molecule has 0 aliphatic heterocycles. The van der Waals surface area contributed by atoms with Crippen molar-refractivity contribution >= 4 is 22.8 Å². The van der Waals surface area contributed by atoms with E-state index < -0.39 is 0 Å². The van der Waals surface area contributed by atoms with Gasteiger partial charge in [0.15, 0.2) is 0 Å². The van der Waals surface area contributed by atoms with Gasteiger partial charge in [-0.15, -0.1) is 0 Å². The predicted molar refractivity (Wildman–Crippen MR) is 81.0 cm³/mol. The molecule has 0 unspecified atom stereocenters. The molecule has 0 saturated carbocycles. The molecule has 2 rings (SSSR count). The lowest BCUT2D eigenvalue weighted by atomic mass is 10.00. The van der Waals surface area contributed by atoms with Crippen molar-refractivity contribution in [2.24, 2.45) is 0 Å². The van der Waals surface area contributed by atoms with Crippen LogP contribution in [0.25, 0.3) is 16.8 Å². The third-order valence-electron chi connectivity index (χ3n) is 3.16. The second-order valence-corrected chi connectivity index (χ2v) is 4.69. The van der Waals surface area contributed by atoms with Crippen molar-refractivity contribution < 1.29 is 4.79 Å². The summed E-state index contributed by atoms with van der Waals surface area (Å²) in [5, 5.41) is 5.36. The van der Waals surface area contributed by atoms with Gasteiger partial charge in [0, 0.05) is 13.5 Å². The number of carbonyl (C=O) groups excluding carboxylic acids is 1. The van der Waals surface area contributed by atoms with Crippen LogP contribution in [0, 0.1) is 6.92 Å². The summed E-state index contributed by atoms with van der Waals surface area (Å²) in [4.78, 5) is 10.8. The highest BCUT2D eigenvalue weighted by Crippen LogP contribution is 2.23. The zero-order valence-electron chi connectivity index (χ0n) is 11.4. The Labute approximate surface area is 114 Å². The van der Waals surface area contributed by atoms with Crippen LogP contribution in [0.1, 0.15) is 24.5 Å². The van der Waals surface area contributed by atoms with Crippen molar-refractivity contribution in [2.75, 3.05) is 6.54 Å². The van der Waals surface area contributed by atoms with Gasteiger partial charge in [0.1, 0.15) is 0 Å². The van der Waals surface area contributed by atoms with E-state index in [-0.39, 0.29) is 5.91 Å². The van der Waals surface area contributed by atoms with Crippen molar-refractivity contribution in [3.05, 3.63) is 53.6 Å². The van der Waals surface area contributed by atoms with Crippen LogP contribution in [-0.2, 0) is 4.79 Å². The summed E-state index contributed by atoms with van der Waals surface area (Å²) < 4.78 is 0. The van der Waals surface area contributed by atoms with Crippen LogP contribution in [0.4, 0.5) is 0 Å². The molecule has 0 radical (unpaired) electrons. The lowest BCUT2D eigenvalue weighted by molar-refractivity contribution is -0.118. The quantitative estimate of drug-likeness (QED) is 0.827. The molecule has 0 saturated heterocycles. The maximum atomic E-state index is 10.8. The summed E-state index contributed by atoms with van der Waals surface area (Å²) in [5.41, 5.74) is 2.52. The molecular formula is C17H19NO. The van der Waals surface area contributed by atoms with E-state index >= 15 is 0 Å². The van der Waals surface area contributed by atoms with Gasteiger partial charge >= 0.3 is 0 Å². The first-order valence-corrected chi connectivity index (χ1v) is 6.58. The molecular weight excluding hydrogens is 234 g/mol. The SMILES string of the molecule is CC(=O)NCCC=Cc1ccc(C)c2ccccc12. The first kappa shape index (κ1) is 13.3. The normalized spacial score (nSPS) is 11.1. The molecule has 0 fully saturated rings. The molecule has 2 aromatic carbocycles. The minimum Gasteiger partial charge on any atom is -0.356 e. The summed E-state index contributed by atoms with van der Waals surface area (Å²) in [7, 11) is 0. The molecule has 0 heterocycles. The largest absolute Gasteiger partial charge is 0.356 e. The maximum Gasteiger partial charge on any atom is 0.216 e. The highest BCUT2D eigenvalue weighted by molar-refractivity contribution is 5.92. The number of fused-ring (bicyclic) bond motifs is 1. The standard InChI is InChI=1S/C17H19NO/c1-13-10-11-15(7-5-6-12-18-14(2)19)17-9-4-3-8-16(13)17/h3-5,7-11H,6,12H2,1-2H3,(H,18,19). The zero-order valence-corrected chi connectivity index (χ0v) is 11.4. The number of benzene rings is 2. The van der Waals surface area contributed by atoms with Crippen molar-refractivity contribution in [1.29, 1.82) is 0 Å². The Bertz CT molecular complexity index is 614. The number of aryl methyl sites for hydroxylation is 1. The van der Waals surface area contributed by atoms with Gasteiger partial charge in [-0.25, -0.2) is 0 Å². The number of hydrogen-bond acceptors (Lipinski definition) is 1. The lowest BCUT2D eigenvalue weighted by Gasteiger charge is -2.05. The van der Waals surface area contributed by atoms with E-state index in [1.54, 1.807) is 0 Å². The van der Waals surface area contributed by atoms with E-state index in [9.17, 15) is 4.79 Å². The second kappa shape index (κ2) is 6.19. The average molecular weight is 253 g/mol. The summed E-state index contributed by atoms with van der Waals surface area (Å²) in [6.07, 6.45) is 5.08. The summed E-state index contributed by atoms with van der Waals surface area (Å²) in [6.45, 7) is 4.36. The molecule has 0 bridgehead atoms. The van der Waals surface area contributed by atoms with Crippen LogP contribution < -0.4 is 5.32 Å². The summed E-state index contributed by atoms with van der Waals surface area (Å²) >= 11 is 0. The number of rotatable bonds is 4. The third-order valence-corrected chi connectivity index (χ3v) is 3.16. The maximum absolute atomic E-state index is 10.8. The highest BCUT2D eigenvalue weighted by Gasteiger charge is 1.99. The van der Waals surface area contributed by atoms with Crippen molar-refractivity contribution in [3.63, 3.8) is 0 Å². The zero-order chi connectivity index (χ0) is 13.7. The Balaban J connectivity index is 2.15. The Hall–Kier alpha value is -2.09. The molecule has 98 valence electrons. The Morgan fingerprint density at radius 2 is 1.89 bits per heavy atom. The molecule has 2 nitrogen and oxygen atoms in total. The Morgan fingerprint density at radius 1 is 1.16 bits per heavy atom. The monoisotopic (exact) mass is 253 g/mol. The molecule has 1 N–H and O–H groups in total. The van der Waals surface area contributed by atoms with Crippen LogP contribution in [0.3, 0.4) is 0 Å². The van der Waals surface area contributed by atoms with Gasteiger partial charge in [0.2, 0.25) is 5.91 Å². The topological polar surface area (TPSA) is 29.1 Å². The Kier molecular flexibility index (Phi) is 4.35. The van der Waals surface area contributed by atoms with Gasteiger partial charge < -0.3 is 5.32 Å². The van der Waals surface area contributed by atoms with E-state index in [1.165, 1.54) is 28.8 Å². The fraction of sp³-hybridized carbons (Fsp3) is 0.235.